The maximum atomic E-state index is 11.9. The Hall–Kier alpha value is -2.73. The van der Waals surface area contributed by atoms with Crippen LogP contribution in [0.25, 0.3) is 11.4 Å². The van der Waals surface area contributed by atoms with Gasteiger partial charge in [-0.1, -0.05) is 22.8 Å². The van der Waals surface area contributed by atoms with Gasteiger partial charge in [0.1, 0.15) is 0 Å². The molecule has 0 radical (unpaired) electrons. The average Bonchev–Trinajstić information content (AvgIpc) is 3.09. The summed E-state index contributed by atoms with van der Waals surface area (Å²) in [5.74, 6) is 0.815. The molecule has 24 heavy (non-hydrogen) atoms. The molecule has 6 nitrogen and oxygen atoms in total. The molecule has 0 bridgehead atoms. The highest BCUT2D eigenvalue weighted by atomic mass is 35.5. The van der Waals surface area contributed by atoms with Gasteiger partial charge >= 0.3 is 0 Å². The lowest BCUT2D eigenvalue weighted by Crippen LogP contribution is -2.23. The molecule has 0 aliphatic carbocycles. The standard InChI is InChI=1S/C17H15ClN4O2/c18-13-6-4-12(5-7-13)17-21-16(24-22-17)9-8-15(23)20-11-14-3-1-2-10-19-14/h1-7,10H,8-9,11H2,(H,20,23). The highest BCUT2D eigenvalue weighted by molar-refractivity contribution is 6.30. The zero-order valence-electron chi connectivity index (χ0n) is 12.8. The van der Waals surface area contributed by atoms with Crippen molar-refractivity contribution in [3.8, 4) is 11.4 Å². The van der Waals surface area contributed by atoms with Crippen LogP contribution in [0.4, 0.5) is 0 Å². The zero-order valence-corrected chi connectivity index (χ0v) is 13.5. The fraction of sp³-hybridized carbons (Fsp3) is 0.176. The van der Waals surface area contributed by atoms with Crippen LogP contribution in [-0.4, -0.2) is 21.0 Å². The normalized spacial score (nSPS) is 10.5. The SMILES string of the molecule is O=C(CCc1nc(-c2ccc(Cl)cc2)no1)NCc1ccccn1. The molecule has 0 saturated carbocycles. The predicted molar refractivity (Wildman–Crippen MR) is 89.1 cm³/mol. The van der Waals surface area contributed by atoms with Crippen LogP contribution in [0.1, 0.15) is 18.0 Å². The number of amides is 1. The quantitative estimate of drug-likeness (QED) is 0.744. The van der Waals surface area contributed by atoms with Gasteiger partial charge in [0.25, 0.3) is 0 Å². The van der Waals surface area contributed by atoms with E-state index in [0.717, 1.165) is 11.3 Å². The summed E-state index contributed by atoms with van der Waals surface area (Å²) in [5.41, 5.74) is 1.63. The second kappa shape index (κ2) is 7.70. The van der Waals surface area contributed by atoms with Crippen molar-refractivity contribution in [2.45, 2.75) is 19.4 Å². The Morgan fingerprint density at radius 3 is 2.75 bits per heavy atom. The van der Waals surface area contributed by atoms with E-state index < -0.39 is 0 Å². The summed E-state index contributed by atoms with van der Waals surface area (Å²) in [5, 5.41) is 7.37. The van der Waals surface area contributed by atoms with Crippen molar-refractivity contribution in [3.63, 3.8) is 0 Å². The molecule has 1 amide bonds. The summed E-state index contributed by atoms with van der Waals surface area (Å²) in [6, 6.07) is 12.7. The summed E-state index contributed by atoms with van der Waals surface area (Å²) in [6.07, 6.45) is 2.35. The third-order valence-electron chi connectivity index (χ3n) is 3.33. The van der Waals surface area contributed by atoms with Crippen LogP contribution in [-0.2, 0) is 17.8 Å². The average molecular weight is 343 g/mol. The van der Waals surface area contributed by atoms with Gasteiger partial charge in [-0.25, -0.2) is 0 Å². The number of nitrogens with one attached hydrogen (secondary N) is 1. The van der Waals surface area contributed by atoms with Crippen LogP contribution in [0.5, 0.6) is 0 Å². The van der Waals surface area contributed by atoms with Gasteiger partial charge < -0.3 is 9.84 Å². The molecule has 0 spiro atoms. The molecule has 3 aromatic rings. The van der Waals surface area contributed by atoms with Crippen LogP contribution in [0.3, 0.4) is 0 Å². The van der Waals surface area contributed by atoms with Gasteiger partial charge in [0.2, 0.25) is 17.6 Å². The summed E-state index contributed by atoms with van der Waals surface area (Å²) in [7, 11) is 0. The molecule has 122 valence electrons. The first-order chi connectivity index (χ1) is 11.7. The first-order valence-electron chi connectivity index (χ1n) is 7.46. The molecule has 0 saturated heterocycles. The van der Waals surface area contributed by atoms with Crippen LogP contribution >= 0.6 is 11.6 Å². The number of hydrogen-bond donors (Lipinski definition) is 1. The number of halogens is 1. The number of carbonyl (C=O) groups excluding carboxylic acids is 1. The van der Waals surface area contributed by atoms with E-state index in [1.165, 1.54) is 0 Å². The lowest BCUT2D eigenvalue weighted by atomic mass is 10.2. The molecule has 1 aromatic carbocycles. The van der Waals surface area contributed by atoms with Crippen molar-refractivity contribution < 1.29 is 9.32 Å². The zero-order chi connectivity index (χ0) is 16.8. The summed E-state index contributed by atoms with van der Waals surface area (Å²) >= 11 is 5.85. The Bertz CT molecular complexity index is 803. The van der Waals surface area contributed by atoms with Crippen molar-refractivity contribution in [1.82, 2.24) is 20.4 Å². The smallest absolute Gasteiger partial charge is 0.227 e. The number of hydrogen-bond acceptors (Lipinski definition) is 5. The minimum Gasteiger partial charge on any atom is -0.350 e. The number of carbonyl (C=O) groups is 1. The number of nitrogens with zero attached hydrogens (tertiary/aromatic N) is 3. The van der Waals surface area contributed by atoms with E-state index in [4.69, 9.17) is 16.1 Å². The third kappa shape index (κ3) is 4.39. The largest absolute Gasteiger partial charge is 0.350 e. The molecular formula is C17H15ClN4O2. The third-order valence-corrected chi connectivity index (χ3v) is 3.58. The molecule has 7 heteroatoms. The lowest BCUT2D eigenvalue weighted by Gasteiger charge is -2.03. The van der Waals surface area contributed by atoms with Gasteiger partial charge in [0.15, 0.2) is 0 Å². The second-order valence-electron chi connectivity index (χ2n) is 5.12. The lowest BCUT2D eigenvalue weighted by molar-refractivity contribution is -0.121. The van der Waals surface area contributed by atoms with Gasteiger partial charge in [0, 0.05) is 29.6 Å². The van der Waals surface area contributed by atoms with Crippen molar-refractivity contribution in [1.29, 1.82) is 0 Å². The van der Waals surface area contributed by atoms with Crippen molar-refractivity contribution >= 4 is 17.5 Å². The van der Waals surface area contributed by atoms with Crippen molar-refractivity contribution in [2.75, 3.05) is 0 Å². The number of aromatic nitrogens is 3. The van der Waals surface area contributed by atoms with E-state index >= 15 is 0 Å². The molecule has 3 rings (SSSR count). The topological polar surface area (TPSA) is 80.9 Å². The van der Waals surface area contributed by atoms with Crippen LogP contribution in [0.15, 0.2) is 53.2 Å². The first kappa shape index (κ1) is 16.1. The molecule has 2 heterocycles. The fourth-order valence-electron chi connectivity index (χ4n) is 2.07. The highest BCUT2D eigenvalue weighted by Crippen LogP contribution is 2.18. The van der Waals surface area contributed by atoms with Gasteiger partial charge in [-0.2, -0.15) is 4.98 Å². The van der Waals surface area contributed by atoms with Gasteiger partial charge in [-0.05, 0) is 36.4 Å². The van der Waals surface area contributed by atoms with E-state index in [1.807, 2.05) is 30.3 Å². The van der Waals surface area contributed by atoms with E-state index in [2.05, 4.69) is 20.4 Å². The molecule has 0 aliphatic heterocycles. The maximum Gasteiger partial charge on any atom is 0.227 e. The molecule has 0 atom stereocenters. The molecule has 0 aliphatic rings. The Kier molecular flexibility index (Phi) is 5.18. The van der Waals surface area contributed by atoms with Gasteiger partial charge in [0.05, 0.1) is 12.2 Å². The molecule has 0 unspecified atom stereocenters. The number of rotatable bonds is 6. The van der Waals surface area contributed by atoms with E-state index in [0.29, 0.717) is 29.7 Å². The number of benzene rings is 1. The maximum absolute atomic E-state index is 11.9. The predicted octanol–water partition coefficient (Wildman–Crippen LogP) is 3.03. The minimum absolute atomic E-state index is 0.0908. The Labute approximate surface area is 143 Å². The molecule has 0 fully saturated rings. The monoisotopic (exact) mass is 342 g/mol. The molecular weight excluding hydrogens is 328 g/mol. The van der Waals surface area contributed by atoms with E-state index in [9.17, 15) is 4.79 Å². The van der Waals surface area contributed by atoms with Crippen LogP contribution in [0, 0.1) is 0 Å². The summed E-state index contributed by atoms with van der Waals surface area (Å²) in [4.78, 5) is 20.3. The second-order valence-corrected chi connectivity index (χ2v) is 5.55. The summed E-state index contributed by atoms with van der Waals surface area (Å²) in [6.45, 7) is 0.402. The van der Waals surface area contributed by atoms with Gasteiger partial charge in [-0.15, -0.1) is 0 Å². The minimum atomic E-state index is -0.0908. The first-order valence-corrected chi connectivity index (χ1v) is 7.83. The van der Waals surface area contributed by atoms with E-state index in [1.54, 1.807) is 18.3 Å². The van der Waals surface area contributed by atoms with Crippen molar-refractivity contribution in [2.24, 2.45) is 0 Å². The Balaban J connectivity index is 1.50. The van der Waals surface area contributed by atoms with Gasteiger partial charge in [-0.3, -0.25) is 9.78 Å². The highest BCUT2D eigenvalue weighted by Gasteiger charge is 2.10. The molecule has 1 N–H and O–H groups in total. The Morgan fingerprint density at radius 2 is 2.00 bits per heavy atom. The number of aryl methyl sites for hydroxylation is 1. The van der Waals surface area contributed by atoms with E-state index in [-0.39, 0.29) is 12.3 Å². The fourth-order valence-corrected chi connectivity index (χ4v) is 2.20. The summed E-state index contributed by atoms with van der Waals surface area (Å²) < 4.78 is 5.18. The van der Waals surface area contributed by atoms with Crippen molar-refractivity contribution in [3.05, 3.63) is 65.3 Å². The van der Waals surface area contributed by atoms with Crippen LogP contribution < -0.4 is 5.32 Å². The number of pyridine rings is 1. The molecule has 2 aromatic heterocycles. The Morgan fingerprint density at radius 1 is 1.17 bits per heavy atom. The van der Waals surface area contributed by atoms with Crippen LogP contribution in [0.2, 0.25) is 5.02 Å².